The van der Waals surface area contributed by atoms with Crippen LogP contribution in [0, 0.1) is 3.57 Å². The fraction of sp³-hybridized carbons (Fsp3) is 0.222. The number of hydrogen-bond donors (Lipinski definition) is 0. The van der Waals surface area contributed by atoms with Gasteiger partial charge in [0.25, 0.3) is 0 Å². The number of hydrogen-bond acceptors (Lipinski definition) is 3. The lowest BCUT2D eigenvalue weighted by molar-refractivity contribution is 0.199. The van der Waals surface area contributed by atoms with Crippen LogP contribution in [-0.2, 0) is 4.74 Å². The number of benzene rings is 1. The summed E-state index contributed by atoms with van der Waals surface area (Å²) in [5, 5.41) is 6.00. The predicted molar refractivity (Wildman–Crippen MR) is 59.4 cm³/mol. The molecular formula is C9H9IN2O. The summed E-state index contributed by atoms with van der Waals surface area (Å²) in [6, 6.07) is 8.10. The van der Waals surface area contributed by atoms with Gasteiger partial charge in [0.2, 0.25) is 5.90 Å². The molecule has 0 spiro atoms. The first-order chi connectivity index (χ1) is 6.25. The zero-order valence-electron chi connectivity index (χ0n) is 7.20. The van der Waals surface area contributed by atoms with Crippen LogP contribution in [-0.4, -0.2) is 24.7 Å². The van der Waals surface area contributed by atoms with Crippen molar-refractivity contribution in [2.24, 2.45) is 5.10 Å². The molecule has 0 saturated heterocycles. The molecule has 1 aliphatic heterocycles. The zero-order valence-corrected chi connectivity index (χ0v) is 9.35. The second-order valence-corrected chi connectivity index (χ2v) is 4.09. The van der Waals surface area contributed by atoms with Crippen LogP contribution in [0.4, 0.5) is 0 Å². The van der Waals surface area contributed by atoms with Crippen LogP contribution < -0.4 is 0 Å². The van der Waals surface area contributed by atoms with Crippen LogP contribution in [0.2, 0.25) is 0 Å². The first-order valence-electron chi connectivity index (χ1n) is 3.94. The predicted octanol–water partition coefficient (Wildman–Crippen LogP) is 1.87. The van der Waals surface area contributed by atoms with Crippen molar-refractivity contribution in [2.45, 2.75) is 0 Å². The average molecular weight is 288 g/mol. The van der Waals surface area contributed by atoms with E-state index in [-0.39, 0.29) is 0 Å². The van der Waals surface area contributed by atoms with Crippen molar-refractivity contribution in [3.8, 4) is 0 Å². The van der Waals surface area contributed by atoms with Crippen molar-refractivity contribution in [3.63, 3.8) is 0 Å². The van der Waals surface area contributed by atoms with E-state index in [9.17, 15) is 0 Å². The summed E-state index contributed by atoms with van der Waals surface area (Å²) < 4.78 is 6.57. The molecule has 68 valence electrons. The molecule has 0 aromatic heterocycles. The Bertz CT molecular complexity index is 351. The Kier molecular flexibility index (Phi) is 2.39. The molecule has 3 nitrogen and oxygen atoms in total. The van der Waals surface area contributed by atoms with E-state index in [4.69, 9.17) is 4.74 Å². The molecular weight excluding hydrogens is 279 g/mol. The van der Waals surface area contributed by atoms with Gasteiger partial charge in [-0.25, -0.2) is 0 Å². The van der Waals surface area contributed by atoms with Crippen LogP contribution >= 0.6 is 22.6 Å². The van der Waals surface area contributed by atoms with Crippen molar-refractivity contribution in [2.75, 3.05) is 13.8 Å². The molecule has 0 atom stereocenters. The van der Waals surface area contributed by atoms with Crippen molar-refractivity contribution >= 4 is 28.5 Å². The molecule has 1 heterocycles. The van der Waals surface area contributed by atoms with Gasteiger partial charge in [0.05, 0.1) is 0 Å². The largest absolute Gasteiger partial charge is 0.453 e. The molecule has 1 aromatic rings. The smallest absolute Gasteiger partial charge is 0.240 e. The Hall–Kier alpha value is -0.780. The van der Waals surface area contributed by atoms with Gasteiger partial charge < -0.3 is 4.74 Å². The molecule has 13 heavy (non-hydrogen) atoms. The number of halogens is 1. The summed E-state index contributed by atoms with van der Waals surface area (Å²) >= 11 is 2.27. The van der Waals surface area contributed by atoms with Crippen LogP contribution in [0.5, 0.6) is 0 Å². The molecule has 0 fully saturated rings. The third kappa shape index (κ3) is 1.93. The summed E-state index contributed by atoms with van der Waals surface area (Å²) in [7, 11) is 1.89. The monoisotopic (exact) mass is 288 g/mol. The van der Waals surface area contributed by atoms with E-state index in [0.717, 1.165) is 5.56 Å². The van der Waals surface area contributed by atoms with Gasteiger partial charge in [0.1, 0.15) is 0 Å². The number of ether oxygens (including phenoxy) is 1. The van der Waals surface area contributed by atoms with E-state index >= 15 is 0 Å². The Balaban J connectivity index is 2.31. The molecule has 1 aliphatic rings. The molecule has 0 radical (unpaired) electrons. The second kappa shape index (κ2) is 3.53. The van der Waals surface area contributed by atoms with Gasteiger partial charge >= 0.3 is 0 Å². The lowest BCUT2D eigenvalue weighted by atomic mass is 10.2. The standard InChI is InChI=1S/C9H9IN2O/c1-12-6-13-9(11-12)7-3-2-4-8(10)5-7/h2-5H,6H2,1H3. The van der Waals surface area contributed by atoms with Gasteiger partial charge in [0.15, 0.2) is 6.73 Å². The highest BCUT2D eigenvalue weighted by atomic mass is 127. The molecule has 1 aromatic carbocycles. The van der Waals surface area contributed by atoms with Crippen LogP contribution in [0.15, 0.2) is 29.4 Å². The summed E-state index contributed by atoms with van der Waals surface area (Å²) in [4.78, 5) is 0. The Morgan fingerprint density at radius 2 is 2.38 bits per heavy atom. The van der Waals surface area contributed by atoms with Crippen molar-refractivity contribution in [1.29, 1.82) is 0 Å². The molecule has 0 N–H and O–H groups in total. The van der Waals surface area contributed by atoms with Gasteiger partial charge in [-0.1, -0.05) is 6.07 Å². The molecule has 0 aliphatic carbocycles. The highest BCUT2D eigenvalue weighted by molar-refractivity contribution is 14.1. The van der Waals surface area contributed by atoms with Gasteiger partial charge in [-0.05, 0) is 40.8 Å². The van der Waals surface area contributed by atoms with Crippen molar-refractivity contribution < 1.29 is 4.74 Å². The lowest BCUT2D eigenvalue weighted by Crippen LogP contribution is -2.06. The zero-order chi connectivity index (χ0) is 9.26. The third-order valence-electron chi connectivity index (χ3n) is 1.72. The Labute approximate surface area is 90.5 Å². The maximum absolute atomic E-state index is 5.38. The topological polar surface area (TPSA) is 24.8 Å². The van der Waals surface area contributed by atoms with E-state index in [2.05, 4.69) is 33.8 Å². The minimum Gasteiger partial charge on any atom is -0.453 e. The molecule has 0 bridgehead atoms. The highest BCUT2D eigenvalue weighted by Crippen LogP contribution is 2.12. The third-order valence-corrected chi connectivity index (χ3v) is 2.39. The summed E-state index contributed by atoms with van der Waals surface area (Å²) in [6.07, 6.45) is 0. The average Bonchev–Trinajstić information content (AvgIpc) is 2.52. The molecule has 4 heteroatoms. The van der Waals surface area contributed by atoms with E-state index in [0.29, 0.717) is 12.6 Å². The first-order valence-corrected chi connectivity index (χ1v) is 5.02. The lowest BCUT2D eigenvalue weighted by Gasteiger charge is -2.00. The van der Waals surface area contributed by atoms with Gasteiger partial charge in [-0.3, -0.25) is 5.01 Å². The maximum atomic E-state index is 5.38. The fourth-order valence-electron chi connectivity index (χ4n) is 1.13. The van der Waals surface area contributed by atoms with E-state index in [1.54, 1.807) is 5.01 Å². The minimum atomic E-state index is 0.542. The number of hydrazone groups is 1. The maximum Gasteiger partial charge on any atom is 0.240 e. The number of rotatable bonds is 1. The van der Waals surface area contributed by atoms with Crippen LogP contribution in [0.25, 0.3) is 0 Å². The summed E-state index contributed by atoms with van der Waals surface area (Å²) in [5.74, 6) is 0.709. The molecule has 2 rings (SSSR count). The molecule has 0 saturated carbocycles. The van der Waals surface area contributed by atoms with Gasteiger partial charge in [-0.15, -0.1) is 5.10 Å². The summed E-state index contributed by atoms with van der Waals surface area (Å²) in [5.41, 5.74) is 1.04. The highest BCUT2D eigenvalue weighted by Gasteiger charge is 2.13. The normalized spacial score (nSPS) is 15.5. The van der Waals surface area contributed by atoms with Gasteiger partial charge in [0, 0.05) is 16.2 Å². The second-order valence-electron chi connectivity index (χ2n) is 2.85. The number of nitrogens with zero attached hydrogens (tertiary/aromatic N) is 2. The Morgan fingerprint density at radius 3 is 3.00 bits per heavy atom. The van der Waals surface area contributed by atoms with Crippen molar-refractivity contribution in [3.05, 3.63) is 33.4 Å². The quantitative estimate of drug-likeness (QED) is 0.737. The van der Waals surface area contributed by atoms with E-state index < -0.39 is 0 Å². The van der Waals surface area contributed by atoms with Crippen LogP contribution in [0.1, 0.15) is 5.56 Å². The Morgan fingerprint density at radius 1 is 1.54 bits per heavy atom. The fourth-order valence-corrected chi connectivity index (χ4v) is 1.67. The van der Waals surface area contributed by atoms with Gasteiger partial charge in [-0.2, -0.15) is 0 Å². The summed E-state index contributed by atoms with van der Waals surface area (Å²) in [6.45, 7) is 0.542. The SMILES string of the molecule is CN1COC(c2cccc(I)c2)=N1. The van der Waals surface area contributed by atoms with Crippen molar-refractivity contribution in [1.82, 2.24) is 5.01 Å². The minimum absolute atomic E-state index is 0.542. The first kappa shape index (κ1) is 8.80. The molecule has 0 unspecified atom stereocenters. The van der Waals surface area contributed by atoms with E-state index in [1.807, 2.05) is 25.2 Å². The van der Waals surface area contributed by atoms with Crippen LogP contribution in [0.3, 0.4) is 0 Å². The van der Waals surface area contributed by atoms with E-state index in [1.165, 1.54) is 3.57 Å². The molecule has 0 amide bonds.